The van der Waals surface area contributed by atoms with Crippen molar-refractivity contribution in [2.75, 3.05) is 26.3 Å². The van der Waals surface area contributed by atoms with E-state index in [1.54, 1.807) is 6.20 Å². The molecule has 6 nitrogen and oxygen atoms in total. The largest absolute Gasteiger partial charge is 0.493 e. The van der Waals surface area contributed by atoms with Crippen LogP contribution < -0.4 is 10.1 Å². The molecule has 0 radical (unpaired) electrons. The van der Waals surface area contributed by atoms with Crippen LogP contribution in [0.4, 0.5) is 0 Å². The minimum atomic E-state index is 0.0408. The summed E-state index contributed by atoms with van der Waals surface area (Å²) in [4.78, 5) is 19.0. The third-order valence-corrected chi connectivity index (χ3v) is 5.02. The van der Waals surface area contributed by atoms with E-state index in [1.165, 1.54) is 5.56 Å². The lowest BCUT2D eigenvalue weighted by Crippen LogP contribution is -2.37. The summed E-state index contributed by atoms with van der Waals surface area (Å²) in [7, 11) is 0. The van der Waals surface area contributed by atoms with Crippen LogP contribution in [0.2, 0.25) is 0 Å². The van der Waals surface area contributed by atoms with Crippen LogP contribution in [0.3, 0.4) is 0 Å². The number of pyridine rings is 1. The first kappa shape index (κ1) is 21.3. The molecule has 0 unspecified atom stereocenters. The summed E-state index contributed by atoms with van der Waals surface area (Å²) in [5.74, 6) is 0.919. The smallest absolute Gasteiger partial charge is 0.234 e. The second kappa shape index (κ2) is 11.5. The first-order chi connectivity index (χ1) is 14.2. The van der Waals surface area contributed by atoms with E-state index < -0.39 is 0 Å². The van der Waals surface area contributed by atoms with Gasteiger partial charge in [0, 0.05) is 38.0 Å². The Hall–Kier alpha value is -2.44. The molecule has 1 aromatic carbocycles. The van der Waals surface area contributed by atoms with Crippen LogP contribution in [-0.2, 0) is 24.3 Å². The molecule has 1 aliphatic rings. The number of fused-ring (bicyclic) bond motifs is 1. The number of ether oxygens (including phenoxy) is 1. The normalized spacial score (nSPS) is 16.5. The van der Waals surface area contributed by atoms with Crippen molar-refractivity contribution in [3.8, 4) is 5.75 Å². The summed E-state index contributed by atoms with van der Waals surface area (Å²) in [6, 6.07) is 12.1. The van der Waals surface area contributed by atoms with E-state index in [-0.39, 0.29) is 12.5 Å². The fraction of sp³-hybridized carbons (Fsp3) is 0.478. The number of aliphatic hydroxyl groups excluding tert-OH is 1. The van der Waals surface area contributed by atoms with Gasteiger partial charge >= 0.3 is 0 Å². The summed E-state index contributed by atoms with van der Waals surface area (Å²) in [6.45, 7) is 3.07. The molecule has 0 saturated heterocycles. The number of nitrogens with one attached hydrogen (secondary N) is 1. The maximum absolute atomic E-state index is 12.5. The van der Waals surface area contributed by atoms with Crippen molar-refractivity contribution in [2.45, 2.75) is 45.2 Å². The van der Waals surface area contributed by atoms with Crippen LogP contribution >= 0.6 is 0 Å². The third kappa shape index (κ3) is 7.15. The topological polar surface area (TPSA) is 74.7 Å². The molecule has 0 aliphatic carbocycles. The number of carbonyl (C=O) groups excluding carboxylic acids is 1. The fourth-order valence-electron chi connectivity index (χ4n) is 3.54. The first-order valence-electron chi connectivity index (χ1n) is 10.5. The lowest BCUT2D eigenvalue weighted by Gasteiger charge is -2.23. The van der Waals surface area contributed by atoms with E-state index in [0.717, 1.165) is 49.1 Å². The van der Waals surface area contributed by atoms with Crippen LogP contribution in [0.25, 0.3) is 0 Å². The number of hydrogen-bond acceptors (Lipinski definition) is 5. The summed E-state index contributed by atoms with van der Waals surface area (Å²) >= 11 is 0. The summed E-state index contributed by atoms with van der Waals surface area (Å²) in [5, 5.41) is 12.2. The van der Waals surface area contributed by atoms with E-state index in [0.29, 0.717) is 32.8 Å². The molecule has 0 spiro atoms. The number of aryl methyl sites for hydroxylation is 1. The van der Waals surface area contributed by atoms with E-state index in [2.05, 4.69) is 27.3 Å². The van der Waals surface area contributed by atoms with Crippen LogP contribution in [0.1, 0.15) is 42.5 Å². The monoisotopic (exact) mass is 397 g/mol. The minimum absolute atomic E-state index is 0.0408. The zero-order valence-corrected chi connectivity index (χ0v) is 17.0. The number of nitrogens with zero attached hydrogens (tertiary/aromatic N) is 2. The number of aromatic nitrogens is 1. The molecular weight excluding hydrogens is 366 g/mol. The van der Waals surface area contributed by atoms with Gasteiger partial charge < -0.3 is 15.2 Å². The highest BCUT2D eigenvalue weighted by molar-refractivity contribution is 5.78. The van der Waals surface area contributed by atoms with Crippen LogP contribution in [0, 0.1) is 0 Å². The molecule has 0 saturated carbocycles. The Morgan fingerprint density at radius 3 is 2.90 bits per heavy atom. The molecule has 29 heavy (non-hydrogen) atoms. The van der Waals surface area contributed by atoms with Gasteiger partial charge in [-0.1, -0.05) is 18.2 Å². The summed E-state index contributed by atoms with van der Waals surface area (Å²) < 4.78 is 6.09. The average molecular weight is 398 g/mol. The molecule has 1 amide bonds. The Labute approximate surface area is 172 Å². The maximum atomic E-state index is 12.5. The van der Waals surface area contributed by atoms with E-state index in [9.17, 15) is 4.79 Å². The standard InChI is InChI=1S/C23H31N3O3/c27-13-6-7-19-9-10-22-20(15-19)16-26(17-21-8-2-4-11-24-21)18-23(28)25-12-3-1-5-14-29-22/h2,4,8-11,15,27H,1,3,5-7,12-14,16-18H2,(H,25,28). The highest BCUT2D eigenvalue weighted by Gasteiger charge is 2.16. The molecule has 0 bridgehead atoms. The molecule has 1 aromatic heterocycles. The number of amides is 1. The minimum Gasteiger partial charge on any atom is -0.493 e. The third-order valence-electron chi connectivity index (χ3n) is 5.02. The van der Waals surface area contributed by atoms with Gasteiger partial charge in [0.25, 0.3) is 0 Å². The number of rotatable bonds is 5. The van der Waals surface area contributed by atoms with Gasteiger partial charge in [0.15, 0.2) is 0 Å². The first-order valence-corrected chi connectivity index (χ1v) is 10.5. The second-order valence-corrected chi connectivity index (χ2v) is 7.49. The molecule has 2 aromatic rings. The number of carbonyl (C=O) groups is 1. The van der Waals surface area contributed by atoms with Crippen molar-refractivity contribution < 1.29 is 14.6 Å². The van der Waals surface area contributed by atoms with Gasteiger partial charge in [0.05, 0.1) is 18.8 Å². The predicted molar refractivity (Wildman–Crippen MR) is 113 cm³/mol. The van der Waals surface area contributed by atoms with Gasteiger partial charge in [-0.05, 0) is 55.9 Å². The zero-order chi connectivity index (χ0) is 20.3. The molecule has 156 valence electrons. The van der Waals surface area contributed by atoms with E-state index in [4.69, 9.17) is 9.84 Å². The van der Waals surface area contributed by atoms with Gasteiger partial charge in [-0.25, -0.2) is 0 Å². The highest BCUT2D eigenvalue weighted by Crippen LogP contribution is 2.24. The molecular formula is C23H31N3O3. The van der Waals surface area contributed by atoms with Crippen LogP contribution in [0.15, 0.2) is 42.6 Å². The molecule has 6 heteroatoms. The van der Waals surface area contributed by atoms with Crippen LogP contribution in [0.5, 0.6) is 5.75 Å². The van der Waals surface area contributed by atoms with Gasteiger partial charge in [-0.3, -0.25) is 14.7 Å². The van der Waals surface area contributed by atoms with Gasteiger partial charge in [0.1, 0.15) is 5.75 Å². The molecule has 0 fully saturated rings. The number of benzene rings is 1. The quantitative estimate of drug-likeness (QED) is 0.811. The Kier molecular flexibility index (Phi) is 8.46. The second-order valence-electron chi connectivity index (χ2n) is 7.49. The predicted octanol–water partition coefficient (Wildman–Crippen LogP) is 2.69. The van der Waals surface area contributed by atoms with E-state index in [1.807, 2.05) is 24.3 Å². The molecule has 2 N–H and O–H groups in total. The van der Waals surface area contributed by atoms with Crippen molar-refractivity contribution >= 4 is 5.91 Å². The Balaban J connectivity index is 1.84. The highest BCUT2D eigenvalue weighted by atomic mass is 16.5. The molecule has 1 aliphatic heterocycles. The Morgan fingerprint density at radius 2 is 2.07 bits per heavy atom. The van der Waals surface area contributed by atoms with Crippen LogP contribution in [-0.4, -0.2) is 47.2 Å². The SMILES string of the molecule is O=C1CN(Cc2ccccn2)Cc2cc(CCCO)ccc2OCCCCCN1. The Bertz CT molecular complexity index is 767. The molecule has 3 rings (SSSR count). The van der Waals surface area contributed by atoms with Gasteiger partial charge in [0.2, 0.25) is 5.91 Å². The molecule has 0 atom stereocenters. The van der Waals surface area contributed by atoms with E-state index >= 15 is 0 Å². The van der Waals surface area contributed by atoms with Crippen molar-refractivity contribution in [1.29, 1.82) is 0 Å². The lowest BCUT2D eigenvalue weighted by atomic mass is 10.0. The maximum Gasteiger partial charge on any atom is 0.234 e. The zero-order valence-electron chi connectivity index (χ0n) is 17.0. The summed E-state index contributed by atoms with van der Waals surface area (Å²) in [6.07, 6.45) is 6.30. The van der Waals surface area contributed by atoms with Crippen molar-refractivity contribution in [1.82, 2.24) is 15.2 Å². The molecule has 2 heterocycles. The van der Waals surface area contributed by atoms with Gasteiger partial charge in [-0.15, -0.1) is 0 Å². The van der Waals surface area contributed by atoms with Gasteiger partial charge in [-0.2, -0.15) is 0 Å². The van der Waals surface area contributed by atoms with Crippen molar-refractivity contribution in [2.24, 2.45) is 0 Å². The van der Waals surface area contributed by atoms with Crippen molar-refractivity contribution in [3.05, 3.63) is 59.4 Å². The lowest BCUT2D eigenvalue weighted by molar-refractivity contribution is -0.122. The number of aliphatic hydroxyl groups is 1. The Morgan fingerprint density at radius 1 is 1.14 bits per heavy atom. The van der Waals surface area contributed by atoms with Crippen molar-refractivity contribution in [3.63, 3.8) is 0 Å². The fourth-order valence-corrected chi connectivity index (χ4v) is 3.54. The summed E-state index contributed by atoms with van der Waals surface area (Å²) in [5.41, 5.74) is 3.18. The number of hydrogen-bond donors (Lipinski definition) is 2. The average Bonchev–Trinajstić information content (AvgIpc) is 2.74.